The Morgan fingerprint density at radius 3 is 2.50 bits per heavy atom. The number of benzene rings is 2. The molecule has 0 saturated heterocycles. The molecule has 0 aliphatic carbocycles. The fourth-order valence-corrected chi connectivity index (χ4v) is 3.10. The zero-order chi connectivity index (χ0) is 17.1. The lowest BCUT2D eigenvalue weighted by Crippen LogP contribution is -1.97. The number of hydrogen-bond acceptors (Lipinski definition) is 6. The van der Waals surface area contributed by atoms with E-state index in [9.17, 15) is 5.11 Å². The summed E-state index contributed by atoms with van der Waals surface area (Å²) in [5, 5.41) is 13.1. The van der Waals surface area contributed by atoms with Gasteiger partial charge in [0.15, 0.2) is 11.5 Å². The first kappa shape index (κ1) is 16.1. The molecule has 2 aromatic carbocycles. The van der Waals surface area contributed by atoms with Crippen LogP contribution in [0.1, 0.15) is 0 Å². The van der Waals surface area contributed by atoms with Crippen LogP contribution in [-0.2, 0) is 0 Å². The average molecular weight is 342 g/mol. The van der Waals surface area contributed by atoms with Crippen molar-refractivity contribution in [3.8, 4) is 44.7 Å². The largest absolute Gasteiger partial charge is 0.507 e. The molecule has 1 N–H and O–H groups in total. The monoisotopic (exact) mass is 342 g/mol. The maximum absolute atomic E-state index is 10.3. The highest BCUT2D eigenvalue weighted by Crippen LogP contribution is 2.46. The smallest absolute Gasteiger partial charge is 0.203 e. The third-order valence-electron chi connectivity index (χ3n) is 3.58. The van der Waals surface area contributed by atoms with Gasteiger partial charge in [0.1, 0.15) is 10.8 Å². The third-order valence-corrected chi connectivity index (χ3v) is 4.40. The lowest BCUT2D eigenvalue weighted by Gasteiger charge is -2.16. The van der Waals surface area contributed by atoms with Gasteiger partial charge in [-0.3, -0.25) is 0 Å². The van der Waals surface area contributed by atoms with E-state index in [0.717, 1.165) is 10.6 Å². The van der Waals surface area contributed by atoms with E-state index in [2.05, 4.69) is 11.1 Å². The second-order valence-corrected chi connectivity index (χ2v) is 5.76. The quantitative estimate of drug-likeness (QED) is 0.759. The lowest BCUT2D eigenvalue weighted by molar-refractivity contribution is 0.325. The summed E-state index contributed by atoms with van der Waals surface area (Å²) in [5.74, 6) is 1.53. The first-order valence-electron chi connectivity index (χ1n) is 7.13. The van der Waals surface area contributed by atoms with Crippen molar-refractivity contribution in [2.45, 2.75) is 0 Å². The first-order chi connectivity index (χ1) is 11.7. The summed E-state index contributed by atoms with van der Waals surface area (Å²) in [6, 6.07) is 10.1. The number of nitrogens with zero attached hydrogens (tertiary/aromatic N) is 1. The predicted molar refractivity (Wildman–Crippen MR) is 93.1 cm³/mol. The Labute approximate surface area is 144 Å². The van der Waals surface area contributed by atoms with E-state index in [1.165, 1.54) is 25.6 Å². The van der Waals surface area contributed by atoms with Crippen molar-refractivity contribution in [2.75, 3.05) is 21.3 Å². The minimum Gasteiger partial charge on any atom is -0.507 e. The van der Waals surface area contributed by atoms with Crippen LogP contribution in [0.4, 0.5) is 0 Å². The number of thiazole rings is 1. The summed E-state index contributed by atoms with van der Waals surface area (Å²) in [6.45, 7) is 0. The normalized spacial score (nSPS) is 10.5. The molecule has 1 aromatic heterocycles. The van der Waals surface area contributed by atoms with Gasteiger partial charge in [0, 0.05) is 28.3 Å². The molecule has 0 bridgehead atoms. The minimum absolute atomic E-state index is 0.122. The van der Waals surface area contributed by atoms with E-state index in [0.29, 0.717) is 28.4 Å². The SMILES string of the molecule is COc1c[c]c(-c2cc(-c3nccs3)ccc2O)c(OC)c1OC. The molecule has 1 heterocycles. The van der Waals surface area contributed by atoms with Gasteiger partial charge in [0.25, 0.3) is 0 Å². The number of hydrogen-bond donors (Lipinski definition) is 1. The molecule has 0 aliphatic rings. The van der Waals surface area contributed by atoms with Crippen LogP contribution in [0.3, 0.4) is 0 Å². The summed E-state index contributed by atoms with van der Waals surface area (Å²) in [6.07, 6.45) is 1.75. The summed E-state index contributed by atoms with van der Waals surface area (Å²) in [7, 11) is 4.62. The van der Waals surface area contributed by atoms with Crippen molar-refractivity contribution in [3.05, 3.63) is 41.9 Å². The minimum atomic E-state index is 0.122. The molecular formula is C18H16NO4S. The Morgan fingerprint density at radius 1 is 1.08 bits per heavy atom. The number of aromatic hydroxyl groups is 1. The molecule has 0 aliphatic heterocycles. The maximum atomic E-state index is 10.3. The third kappa shape index (κ3) is 2.76. The van der Waals surface area contributed by atoms with Crippen molar-refractivity contribution >= 4 is 11.3 Å². The Balaban J connectivity index is 2.20. The van der Waals surface area contributed by atoms with Gasteiger partial charge in [0.2, 0.25) is 5.75 Å². The van der Waals surface area contributed by atoms with Gasteiger partial charge in [-0.1, -0.05) is 0 Å². The molecule has 123 valence electrons. The average Bonchev–Trinajstić information content (AvgIpc) is 3.15. The van der Waals surface area contributed by atoms with E-state index in [1.807, 2.05) is 17.5 Å². The Morgan fingerprint density at radius 2 is 1.88 bits per heavy atom. The van der Waals surface area contributed by atoms with E-state index in [4.69, 9.17) is 14.2 Å². The molecule has 0 atom stereocenters. The van der Waals surface area contributed by atoms with Gasteiger partial charge < -0.3 is 19.3 Å². The van der Waals surface area contributed by atoms with Gasteiger partial charge in [-0.05, 0) is 30.3 Å². The second-order valence-electron chi connectivity index (χ2n) is 4.87. The van der Waals surface area contributed by atoms with Gasteiger partial charge in [0.05, 0.1) is 21.3 Å². The zero-order valence-corrected chi connectivity index (χ0v) is 14.3. The standard InChI is InChI=1S/C18H16NO4S/c1-21-15-7-5-12(16(22-2)17(15)23-3)13-10-11(4-6-14(13)20)18-19-8-9-24-18/h4,6-10,20H,1-3H3. The Kier molecular flexibility index (Phi) is 4.57. The highest BCUT2D eigenvalue weighted by atomic mass is 32.1. The molecule has 0 saturated carbocycles. The zero-order valence-electron chi connectivity index (χ0n) is 13.5. The molecule has 0 spiro atoms. The number of phenolic OH excluding ortho intramolecular Hbond substituents is 1. The first-order valence-corrected chi connectivity index (χ1v) is 8.01. The van der Waals surface area contributed by atoms with Crippen LogP contribution in [0.5, 0.6) is 23.0 Å². The Hall–Kier alpha value is -2.73. The van der Waals surface area contributed by atoms with Crippen LogP contribution in [0.2, 0.25) is 0 Å². The van der Waals surface area contributed by atoms with E-state index >= 15 is 0 Å². The number of ether oxygens (including phenoxy) is 3. The van der Waals surface area contributed by atoms with Crippen LogP contribution in [0, 0.1) is 6.07 Å². The number of phenols is 1. The van der Waals surface area contributed by atoms with Crippen LogP contribution in [-0.4, -0.2) is 31.4 Å². The highest BCUT2D eigenvalue weighted by Gasteiger charge is 2.20. The van der Waals surface area contributed by atoms with Gasteiger partial charge in [-0.2, -0.15) is 0 Å². The van der Waals surface area contributed by atoms with Gasteiger partial charge in [-0.25, -0.2) is 4.98 Å². The van der Waals surface area contributed by atoms with Crippen molar-refractivity contribution < 1.29 is 19.3 Å². The van der Waals surface area contributed by atoms with E-state index < -0.39 is 0 Å². The summed E-state index contributed by atoms with van der Waals surface area (Å²) in [4.78, 5) is 4.31. The number of aromatic nitrogens is 1. The fourth-order valence-electron chi connectivity index (χ4n) is 2.47. The molecule has 0 unspecified atom stereocenters. The lowest BCUT2D eigenvalue weighted by atomic mass is 10.00. The molecule has 3 aromatic rings. The van der Waals surface area contributed by atoms with E-state index in [-0.39, 0.29) is 5.75 Å². The van der Waals surface area contributed by atoms with Gasteiger partial charge >= 0.3 is 0 Å². The summed E-state index contributed by atoms with van der Waals surface area (Å²) < 4.78 is 16.2. The van der Waals surface area contributed by atoms with Gasteiger partial charge in [-0.15, -0.1) is 11.3 Å². The molecular weight excluding hydrogens is 326 g/mol. The van der Waals surface area contributed by atoms with Crippen molar-refractivity contribution in [1.29, 1.82) is 0 Å². The van der Waals surface area contributed by atoms with Crippen LogP contribution in [0.15, 0.2) is 35.8 Å². The van der Waals surface area contributed by atoms with Crippen LogP contribution in [0.25, 0.3) is 21.7 Å². The molecule has 5 nitrogen and oxygen atoms in total. The molecule has 0 amide bonds. The summed E-state index contributed by atoms with van der Waals surface area (Å²) >= 11 is 1.53. The Bertz CT molecular complexity index is 846. The number of rotatable bonds is 5. The van der Waals surface area contributed by atoms with Crippen molar-refractivity contribution in [3.63, 3.8) is 0 Å². The van der Waals surface area contributed by atoms with E-state index in [1.54, 1.807) is 25.4 Å². The second kappa shape index (κ2) is 6.80. The molecule has 24 heavy (non-hydrogen) atoms. The van der Waals surface area contributed by atoms with Crippen molar-refractivity contribution in [2.24, 2.45) is 0 Å². The molecule has 3 rings (SSSR count). The molecule has 6 heteroatoms. The maximum Gasteiger partial charge on any atom is 0.203 e. The summed E-state index contributed by atoms with van der Waals surface area (Å²) in [5.41, 5.74) is 2.08. The van der Waals surface area contributed by atoms with Crippen LogP contribution < -0.4 is 14.2 Å². The number of methoxy groups -OCH3 is 3. The van der Waals surface area contributed by atoms with Crippen LogP contribution >= 0.6 is 11.3 Å². The molecule has 1 radical (unpaired) electrons. The molecule has 0 fully saturated rings. The fraction of sp³-hybridized carbons (Fsp3) is 0.167. The highest BCUT2D eigenvalue weighted by molar-refractivity contribution is 7.13. The predicted octanol–water partition coefficient (Wildman–Crippen LogP) is 4.01. The van der Waals surface area contributed by atoms with Crippen molar-refractivity contribution in [1.82, 2.24) is 4.98 Å². The topological polar surface area (TPSA) is 60.8 Å².